The molecule has 98 valence electrons. The van der Waals surface area contributed by atoms with Gasteiger partial charge in [-0.15, -0.1) is 6.58 Å². The van der Waals surface area contributed by atoms with Crippen LogP contribution in [0.5, 0.6) is 0 Å². The first kappa shape index (κ1) is 14.3. The van der Waals surface area contributed by atoms with E-state index in [0.717, 1.165) is 6.20 Å². The first-order valence-corrected chi connectivity index (χ1v) is 5.67. The van der Waals surface area contributed by atoms with Gasteiger partial charge in [-0.1, -0.05) is 13.0 Å². The lowest BCUT2D eigenvalue weighted by molar-refractivity contribution is -0.149. The summed E-state index contributed by atoms with van der Waals surface area (Å²) >= 11 is 0. The fraction of sp³-hybridized carbons (Fsp3) is 0.385. The molecule has 0 spiro atoms. The van der Waals surface area contributed by atoms with Crippen molar-refractivity contribution in [2.75, 3.05) is 13.7 Å². The first-order chi connectivity index (χ1) is 8.60. The summed E-state index contributed by atoms with van der Waals surface area (Å²) in [7, 11) is 1.31. The second-order valence-corrected chi connectivity index (χ2v) is 3.78. The highest BCUT2D eigenvalue weighted by Gasteiger charge is 2.40. The van der Waals surface area contributed by atoms with Gasteiger partial charge in [0.05, 0.1) is 19.0 Å². The summed E-state index contributed by atoms with van der Waals surface area (Å²) in [6.07, 6.45) is 3.15. The van der Waals surface area contributed by atoms with Crippen LogP contribution in [0.4, 0.5) is 4.39 Å². The van der Waals surface area contributed by atoms with Crippen molar-refractivity contribution in [3.63, 3.8) is 0 Å². The van der Waals surface area contributed by atoms with Gasteiger partial charge in [-0.05, 0) is 18.6 Å². The number of carbonyl (C=O) groups is 1. The molecule has 4 nitrogen and oxygen atoms in total. The van der Waals surface area contributed by atoms with Crippen molar-refractivity contribution in [1.29, 1.82) is 0 Å². The number of nitrogens with one attached hydrogen (secondary N) is 1. The summed E-state index contributed by atoms with van der Waals surface area (Å²) in [4.78, 5) is 16.0. The predicted octanol–water partition coefficient (Wildman–Crippen LogP) is 1.77. The van der Waals surface area contributed by atoms with Crippen molar-refractivity contribution < 1.29 is 13.9 Å². The molecule has 5 heteroatoms. The van der Waals surface area contributed by atoms with Crippen LogP contribution < -0.4 is 5.32 Å². The minimum atomic E-state index is -1.07. The summed E-state index contributed by atoms with van der Waals surface area (Å²) in [5.74, 6) is -0.900. The number of esters is 1. The predicted molar refractivity (Wildman–Crippen MR) is 66.4 cm³/mol. The fourth-order valence-electron chi connectivity index (χ4n) is 1.77. The van der Waals surface area contributed by atoms with Crippen molar-refractivity contribution >= 4 is 5.97 Å². The van der Waals surface area contributed by atoms with Gasteiger partial charge in [-0.2, -0.15) is 0 Å². The Kier molecular flexibility index (Phi) is 4.97. The first-order valence-electron chi connectivity index (χ1n) is 5.67. The van der Waals surface area contributed by atoms with Crippen molar-refractivity contribution in [1.82, 2.24) is 10.3 Å². The van der Waals surface area contributed by atoms with Crippen LogP contribution in [0.25, 0.3) is 0 Å². The topological polar surface area (TPSA) is 51.2 Å². The average Bonchev–Trinajstić information content (AvgIpc) is 2.41. The molecule has 1 aromatic rings. The second kappa shape index (κ2) is 6.26. The molecule has 1 heterocycles. The molecule has 1 atom stereocenters. The van der Waals surface area contributed by atoms with Crippen LogP contribution in [-0.4, -0.2) is 24.6 Å². The standard InChI is InChI=1S/C13H17FN2O2/c1-4-8-16-13(5-2,12(17)18-3)11-7-6-10(14)9-15-11/h4,6-7,9,16H,1,5,8H2,2-3H3. The third kappa shape index (κ3) is 2.73. The van der Waals surface area contributed by atoms with Gasteiger partial charge >= 0.3 is 5.97 Å². The second-order valence-electron chi connectivity index (χ2n) is 3.78. The number of ether oxygens (including phenoxy) is 1. The molecule has 0 radical (unpaired) electrons. The molecule has 0 saturated heterocycles. The Morgan fingerprint density at radius 2 is 2.39 bits per heavy atom. The van der Waals surface area contributed by atoms with E-state index < -0.39 is 17.3 Å². The molecular weight excluding hydrogens is 235 g/mol. The highest BCUT2D eigenvalue weighted by Crippen LogP contribution is 2.25. The summed E-state index contributed by atoms with van der Waals surface area (Å²) in [5.41, 5.74) is -0.642. The lowest BCUT2D eigenvalue weighted by Crippen LogP contribution is -2.50. The number of methoxy groups -OCH3 is 1. The van der Waals surface area contributed by atoms with E-state index >= 15 is 0 Å². The molecule has 1 aromatic heterocycles. The third-order valence-corrected chi connectivity index (χ3v) is 2.78. The molecule has 0 amide bonds. The molecule has 0 bridgehead atoms. The van der Waals surface area contributed by atoms with Crippen molar-refractivity contribution in [3.8, 4) is 0 Å². The third-order valence-electron chi connectivity index (χ3n) is 2.78. The monoisotopic (exact) mass is 252 g/mol. The van der Waals surface area contributed by atoms with Crippen LogP contribution in [0, 0.1) is 5.82 Å². The Balaban J connectivity index is 3.19. The molecule has 0 aliphatic heterocycles. The highest BCUT2D eigenvalue weighted by molar-refractivity contribution is 5.82. The molecule has 1 unspecified atom stereocenters. The Morgan fingerprint density at radius 1 is 1.67 bits per heavy atom. The van der Waals surface area contributed by atoms with E-state index in [9.17, 15) is 9.18 Å². The van der Waals surface area contributed by atoms with E-state index in [2.05, 4.69) is 16.9 Å². The van der Waals surface area contributed by atoms with Gasteiger partial charge in [0.2, 0.25) is 0 Å². The van der Waals surface area contributed by atoms with Crippen molar-refractivity contribution in [2.45, 2.75) is 18.9 Å². The maximum absolute atomic E-state index is 12.9. The van der Waals surface area contributed by atoms with E-state index in [1.807, 2.05) is 6.92 Å². The zero-order valence-electron chi connectivity index (χ0n) is 10.6. The van der Waals surface area contributed by atoms with Gasteiger partial charge in [0, 0.05) is 6.54 Å². The molecule has 1 rings (SSSR count). The highest BCUT2D eigenvalue weighted by atomic mass is 19.1. The number of aromatic nitrogens is 1. The normalized spacial score (nSPS) is 13.7. The quantitative estimate of drug-likeness (QED) is 0.619. The maximum Gasteiger partial charge on any atom is 0.332 e. The van der Waals surface area contributed by atoms with Gasteiger partial charge in [-0.3, -0.25) is 10.3 Å². The summed E-state index contributed by atoms with van der Waals surface area (Å²) in [6.45, 7) is 5.85. The zero-order valence-corrected chi connectivity index (χ0v) is 10.6. The number of hydrogen-bond donors (Lipinski definition) is 1. The number of hydrogen-bond acceptors (Lipinski definition) is 4. The molecule has 0 aromatic carbocycles. The number of carbonyl (C=O) groups excluding carboxylic acids is 1. The molecule has 0 aliphatic carbocycles. The van der Waals surface area contributed by atoms with Gasteiger partial charge in [0.1, 0.15) is 5.82 Å². The van der Waals surface area contributed by atoms with Crippen molar-refractivity contribution in [2.24, 2.45) is 0 Å². The van der Waals surface area contributed by atoms with Crippen LogP contribution in [0.2, 0.25) is 0 Å². The number of pyridine rings is 1. The summed E-state index contributed by atoms with van der Waals surface area (Å²) < 4.78 is 17.7. The Labute approximate surface area is 106 Å². The van der Waals surface area contributed by atoms with Crippen molar-refractivity contribution in [3.05, 3.63) is 42.5 Å². The van der Waals surface area contributed by atoms with E-state index in [4.69, 9.17) is 4.74 Å². The summed E-state index contributed by atoms with van der Waals surface area (Å²) in [5, 5.41) is 3.04. The van der Waals surface area contributed by atoms with Gasteiger partial charge in [0.15, 0.2) is 5.54 Å². The summed E-state index contributed by atoms with van der Waals surface area (Å²) in [6, 6.07) is 2.75. The van der Waals surface area contributed by atoms with Gasteiger partial charge in [-0.25, -0.2) is 9.18 Å². The number of halogens is 1. The largest absolute Gasteiger partial charge is 0.467 e. The van der Waals surface area contributed by atoms with E-state index in [1.54, 1.807) is 6.08 Å². The fourth-order valence-corrected chi connectivity index (χ4v) is 1.77. The lowest BCUT2D eigenvalue weighted by atomic mass is 9.91. The lowest BCUT2D eigenvalue weighted by Gasteiger charge is -2.30. The molecule has 1 N–H and O–H groups in total. The Bertz CT molecular complexity index is 420. The van der Waals surface area contributed by atoms with E-state index in [0.29, 0.717) is 18.7 Å². The molecule has 0 fully saturated rings. The van der Waals surface area contributed by atoms with E-state index in [-0.39, 0.29) is 0 Å². The molecule has 0 aliphatic rings. The number of rotatable bonds is 6. The van der Waals surface area contributed by atoms with Crippen LogP contribution in [0.1, 0.15) is 19.0 Å². The van der Waals surface area contributed by atoms with Crippen LogP contribution in [-0.2, 0) is 15.1 Å². The smallest absolute Gasteiger partial charge is 0.332 e. The zero-order chi connectivity index (χ0) is 13.6. The average molecular weight is 252 g/mol. The number of nitrogens with zero attached hydrogens (tertiary/aromatic N) is 1. The molecule has 0 saturated carbocycles. The van der Waals surface area contributed by atoms with Gasteiger partial charge < -0.3 is 4.74 Å². The molecular formula is C13H17FN2O2. The Hall–Kier alpha value is -1.75. The van der Waals surface area contributed by atoms with Crippen LogP contribution in [0.3, 0.4) is 0 Å². The SMILES string of the molecule is C=CCNC(CC)(C(=O)OC)c1ccc(F)cn1. The maximum atomic E-state index is 12.9. The van der Waals surface area contributed by atoms with Crippen LogP contribution >= 0.6 is 0 Å². The minimum absolute atomic E-state index is 0.419. The Morgan fingerprint density at radius 3 is 2.83 bits per heavy atom. The van der Waals surface area contributed by atoms with Gasteiger partial charge in [0.25, 0.3) is 0 Å². The molecule has 18 heavy (non-hydrogen) atoms. The minimum Gasteiger partial charge on any atom is -0.467 e. The van der Waals surface area contributed by atoms with E-state index in [1.165, 1.54) is 19.2 Å². The van der Waals surface area contributed by atoms with Crippen LogP contribution in [0.15, 0.2) is 31.0 Å².